The Balaban J connectivity index is 1.60. The van der Waals surface area contributed by atoms with E-state index in [-0.39, 0.29) is 17.7 Å². The van der Waals surface area contributed by atoms with Gasteiger partial charge >= 0.3 is 0 Å². The molecule has 1 unspecified atom stereocenters. The third-order valence-corrected chi connectivity index (χ3v) is 4.28. The van der Waals surface area contributed by atoms with E-state index in [0.717, 1.165) is 25.1 Å². The van der Waals surface area contributed by atoms with Crippen LogP contribution in [0.2, 0.25) is 0 Å². The number of rotatable bonds is 4. The Morgan fingerprint density at radius 1 is 1.29 bits per heavy atom. The lowest BCUT2D eigenvalue weighted by Crippen LogP contribution is -2.46. The van der Waals surface area contributed by atoms with Crippen LogP contribution in [0.15, 0.2) is 29.3 Å². The number of likely N-dealkylation sites (tertiary alicyclic amines) is 1. The number of hydrogen-bond donors (Lipinski definition) is 0. The smallest absolute Gasteiger partial charge is 0.241 e. The molecule has 0 aromatic heterocycles. The average molecular weight is 303 g/mol. The Morgan fingerprint density at radius 3 is 2.90 bits per heavy atom. The maximum absolute atomic E-state index is 12.5. The SMILES string of the molecule is O=C1CCCN1CCCN1C(=O)C2C=CC=CC2=NC1=S. The highest BCUT2D eigenvalue weighted by Crippen LogP contribution is 2.20. The van der Waals surface area contributed by atoms with Crippen LogP contribution in [0.4, 0.5) is 0 Å². The quantitative estimate of drug-likeness (QED) is 0.736. The summed E-state index contributed by atoms with van der Waals surface area (Å²) in [5.41, 5.74) is 0.721. The fourth-order valence-electron chi connectivity index (χ4n) is 2.85. The van der Waals surface area contributed by atoms with Gasteiger partial charge in [0.25, 0.3) is 0 Å². The van der Waals surface area contributed by atoms with Gasteiger partial charge in [0.15, 0.2) is 0 Å². The molecule has 1 saturated heterocycles. The molecule has 1 aliphatic carbocycles. The predicted molar refractivity (Wildman–Crippen MR) is 83.9 cm³/mol. The summed E-state index contributed by atoms with van der Waals surface area (Å²) < 4.78 is 0. The molecule has 0 aromatic carbocycles. The van der Waals surface area contributed by atoms with Gasteiger partial charge in [-0.25, -0.2) is 4.99 Å². The summed E-state index contributed by atoms with van der Waals surface area (Å²) in [6.45, 7) is 2.03. The fraction of sp³-hybridized carbons (Fsp3) is 0.467. The third kappa shape index (κ3) is 2.81. The molecule has 2 aliphatic heterocycles. The van der Waals surface area contributed by atoms with E-state index in [2.05, 4.69) is 4.99 Å². The molecule has 0 spiro atoms. The molecule has 3 rings (SSSR count). The molecule has 6 heteroatoms. The number of thiocarbonyl (C=S) groups is 1. The molecular formula is C15H17N3O2S. The third-order valence-electron chi connectivity index (χ3n) is 3.97. The lowest BCUT2D eigenvalue weighted by Gasteiger charge is -2.30. The second-order valence-electron chi connectivity index (χ2n) is 5.37. The van der Waals surface area contributed by atoms with Crippen LogP contribution in [-0.2, 0) is 9.59 Å². The van der Waals surface area contributed by atoms with Crippen LogP contribution in [0, 0.1) is 5.92 Å². The van der Waals surface area contributed by atoms with Gasteiger partial charge in [-0.15, -0.1) is 0 Å². The van der Waals surface area contributed by atoms with Crippen LogP contribution in [0.5, 0.6) is 0 Å². The highest BCUT2D eigenvalue weighted by molar-refractivity contribution is 7.80. The maximum atomic E-state index is 12.5. The molecule has 5 nitrogen and oxygen atoms in total. The molecule has 2 amide bonds. The van der Waals surface area contributed by atoms with Gasteiger partial charge < -0.3 is 4.90 Å². The lowest BCUT2D eigenvalue weighted by atomic mass is 9.95. The monoisotopic (exact) mass is 303 g/mol. The van der Waals surface area contributed by atoms with Gasteiger partial charge in [0.05, 0.1) is 11.6 Å². The van der Waals surface area contributed by atoms with E-state index in [1.807, 2.05) is 29.2 Å². The minimum Gasteiger partial charge on any atom is -0.343 e. The number of amides is 2. The largest absolute Gasteiger partial charge is 0.343 e. The van der Waals surface area contributed by atoms with Crippen molar-refractivity contribution in [2.24, 2.45) is 10.9 Å². The molecule has 0 saturated carbocycles. The molecule has 0 N–H and O–H groups in total. The molecule has 0 aromatic rings. The number of fused-ring (bicyclic) bond motifs is 1. The highest BCUT2D eigenvalue weighted by Gasteiger charge is 2.33. The van der Waals surface area contributed by atoms with Crippen molar-refractivity contribution in [3.8, 4) is 0 Å². The van der Waals surface area contributed by atoms with Crippen molar-refractivity contribution in [3.63, 3.8) is 0 Å². The number of carbonyl (C=O) groups is 2. The van der Waals surface area contributed by atoms with Crippen LogP contribution >= 0.6 is 12.2 Å². The normalized spacial score (nSPS) is 24.7. The van der Waals surface area contributed by atoms with Crippen LogP contribution in [0.25, 0.3) is 0 Å². The molecule has 1 atom stereocenters. The molecule has 1 fully saturated rings. The summed E-state index contributed by atoms with van der Waals surface area (Å²) in [5.74, 6) is -0.114. The van der Waals surface area contributed by atoms with Gasteiger partial charge in [-0.1, -0.05) is 18.2 Å². The van der Waals surface area contributed by atoms with Crippen molar-refractivity contribution in [1.82, 2.24) is 9.80 Å². The van der Waals surface area contributed by atoms with E-state index >= 15 is 0 Å². The van der Waals surface area contributed by atoms with Gasteiger partial charge in [-0.3, -0.25) is 14.5 Å². The second-order valence-corrected chi connectivity index (χ2v) is 5.73. The number of carbonyl (C=O) groups excluding carboxylic acids is 2. The summed E-state index contributed by atoms with van der Waals surface area (Å²) in [5, 5.41) is 0.332. The van der Waals surface area contributed by atoms with E-state index in [9.17, 15) is 9.59 Å². The molecule has 3 aliphatic rings. The first-order valence-electron chi connectivity index (χ1n) is 7.23. The number of nitrogens with zero attached hydrogens (tertiary/aromatic N) is 3. The van der Waals surface area contributed by atoms with Crippen molar-refractivity contribution < 1.29 is 9.59 Å². The van der Waals surface area contributed by atoms with Crippen molar-refractivity contribution >= 4 is 34.9 Å². The predicted octanol–water partition coefficient (Wildman–Crippen LogP) is 1.31. The molecule has 110 valence electrons. The standard InChI is InChI=1S/C15H17N3O2S/c19-13-7-3-8-17(13)9-4-10-18-14(20)11-5-1-2-6-12(11)16-15(18)21/h1-2,5-6,11H,3-4,7-10H2. The first-order valence-corrected chi connectivity index (χ1v) is 7.64. The summed E-state index contributed by atoms with van der Waals surface area (Å²) in [6.07, 6.45) is 9.71. The van der Waals surface area contributed by atoms with Crippen LogP contribution in [0.3, 0.4) is 0 Å². The summed E-state index contributed by atoms with van der Waals surface area (Å²) in [7, 11) is 0. The Hall–Kier alpha value is -1.82. The van der Waals surface area contributed by atoms with E-state index in [1.165, 1.54) is 0 Å². The van der Waals surface area contributed by atoms with Crippen LogP contribution in [0.1, 0.15) is 19.3 Å². The van der Waals surface area contributed by atoms with Gasteiger partial charge in [0.1, 0.15) is 0 Å². The number of hydrogen-bond acceptors (Lipinski definition) is 3. The first kappa shape index (κ1) is 14.1. The maximum Gasteiger partial charge on any atom is 0.241 e. The second kappa shape index (κ2) is 5.89. The molecule has 0 radical (unpaired) electrons. The van der Waals surface area contributed by atoms with Crippen molar-refractivity contribution in [2.75, 3.05) is 19.6 Å². The summed E-state index contributed by atoms with van der Waals surface area (Å²) >= 11 is 5.22. The zero-order valence-corrected chi connectivity index (χ0v) is 12.5. The van der Waals surface area contributed by atoms with Gasteiger partial charge in [0.2, 0.25) is 16.9 Å². The van der Waals surface area contributed by atoms with Gasteiger partial charge in [-0.2, -0.15) is 0 Å². The minimum atomic E-state index is -0.310. The topological polar surface area (TPSA) is 53.0 Å². The van der Waals surface area contributed by atoms with Gasteiger partial charge in [-0.05, 0) is 31.1 Å². The molecular weight excluding hydrogens is 286 g/mol. The summed E-state index contributed by atoms with van der Waals surface area (Å²) in [6, 6.07) is 0. The highest BCUT2D eigenvalue weighted by atomic mass is 32.1. The number of allylic oxidation sites excluding steroid dienone is 3. The Kier molecular flexibility index (Phi) is 3.96. The minimum absolute atomic E-state index is 0.0154. The van der Waals surface area contributed by atoms with Crippen molar-refractivity contribution in [3.05, 3.63) is 24.3 Å². The van der Waals surface area contributed by atoms with E-state index in [1.54, 1.807) is 4.90 Å². The molecule has 0 bridgehead atoms. The Bertz CT molecular complexity index is 579. The van der Waals surface area contributed by atoms with E-state index < -0.39 is 0 Å². The first-order chi connectivity index (χ1) is 10.2. The Labute approximate surface area is 129 Å². The van der Waals surface area contributed by atoms with Gasteiger partial charge in [0, 0.05) is 26.1 Å². The zero-order valence-electron chi connectivity index (χ0n) is 11.7. The molecule has 21 heavy (non-hydrogen) atoms. The van der Waals surface area contributed by atoms with Crippen molar-refractivity contribution in [1.29, 1.82) is 0 Å². The zero-order chi connectivity index (χ0) is 14.8. The fourth-order valence-corrected chi connectivity index (χ4v) is 3.13. The average Bonchev–Trinajstić information content (AvgIpc) is 2.88. The lowest BCUT2D eigenvalue weighted by molar-refractivity contribution is -0.128. The van der Waals surface area contributed by atoms with Crippen molar-refractivity contribution in [2.45, 2.75) is 19.3 Å². The van der Waals surface area contributed by atoms with Crippen LogP contribution < -0.4 is 0 Å². The number of aliphatic imine (C=N–C) groups is 1. The van der Waals surface area contributed by atoms with E-state index in [4.69, 9.17) is 12.2 Å². The van der Waals surface area contributed by atoms with E-state index in [0.29, 0.717) is 24.6 Å². The Morgan fingerprint density at radius 2 is 2.14 bits per heavy atom. The van der Waals surface area contributed by atoms with Crippen LogP contribution in [-0.4, -0.2) is 52.1 Å². The molecule has 2 heterocycles. The summed E-state index contributed by atoms with van der Waals surface area (Å²) in [4.78, 5) is 31.8.